The van der Waals surface area contributed by atoms with Crippen molar-refractivity contribution < 1.29 is 9.47 Å². The minimum Gasteiger partial charge on any atom is -0.474 e. The third-order valence-corrected chi connectivity index (χ3v) is 5.48. The minimum absolute atomic E-state index is 0.994. The zero-order valence-electron chi connectivity index (χ0n) is 20.9. The standard InChI is InChI=1S/C24H50O.C4H6O/c1-3-5-7-9-11-13-15-17-19-21-23-25-24-22-20-18-16-14-12-10-8-6-4-2;1-3-5-4-2/h3-24H2,1-2H3;3-4H,1-2H2. The van der Waals surface area contributed by atoms with Crippen LogP contribution in [0.15, 0.2) is 25.7 Å². The predicted octanol–water partition coefficient (Wildman–Crippen LogP) is 10.1. The summed E-state index contributed by atoms with van der Waals surface area (Å²) >= 11 is 0. The van der Waals surface area contributed by atoms with Gasteiger partial charge in [0.1, 0.15) is 0 Å². The van der Waals surface area contributed by atoms with Crippen molar-refractivity contribution in [2.45, 2.75) is 142 Å². The summed E-state index contributed by atoms with van der Waals surface area (Å²) < 4.78 is 10.1. The number of hydrogen-bond acceptors (Lipinski definition) is 2. The molecule has 0 aliphatic rings. The van der Waals surface area contributed by atoms with E-state index in [1.807, 2.05) is 0 Å². The normalized spacial score (nSPS) is 10.3. The number of unbranched alkanes of at least 4 members (excludes halogenated alkanes) is 18. The van der Waals surface area contributed by atoms with E-state index < -0.39 is 0 Å². The lowest BCUT2D eigenvalue weighted by atomic mass is 10.1. The Hall–Kier alpha value is -0.760. The van der Waals surface area contributed by atoms with Gasteiger partial charge in [0.05, 0.1) is 12.5 Å². The van der Waals surface area contributed by atoms with E-state index in [0.717, 1.165) is 13.2 Å². The van der Waals surface area contributed by atoms with Crippen LogP contribution in [0.4, 0.5) is 0 Å². The predicted molar refractivity (Wildman–Crippen MR) is 136 cm³/mol. The van der Waals surface area contributed by atoms with Crippen molar-refractivity contribution in [2.24, 2.45) is 0 Å². The molecule has 30 heavy (non-hydrogen) atoms. The maximum atomic E-state index is 5.78. The molecule has 180 valence electrons. The molecular formula is C28H56O2. The van der Waals surface area contributed by atoms with Gasteiger partial charge in [0.25, 0.3) is 0 Å². The van der Waals surface area contributed by atoms with Crippen LogP contribution in [0.1, 0.15) is 142 Å². The molecule has 0 fully saturated rings. The first-order valence-corrected chi connectivity index (χ1v) is 13.3. The largest absolute Gasteiger partial charge is 0.474 e. The van der Waals surface area contributed by atoms with Gasteiger partial charge in [-0.05, 0) is 12.8 Å². The molecule has 0 radical (unpaired) electrons. The second-order valence-electron chi connectivity index (χ2n) is 8.45. The highest BCUT2D eigenvalue weighted by Crippen LogP contribution is 2.12. The molecule has 0 aromatic heterocycles. The fourth-order valence-electron chi connectivity index (χ4n) is 3.55. The summed E-state index contributed by atoms with van der Waals surface area (Å²) in [5.74, 6) is 0. The quantitative estimate of drug-likeness (QED) is 0.113. The maximum Gasteiger partial charge on any atom is 0.0829 e. The average molecular weight is 425 g/mol. The summed E-state index contributed by atoms with van der Waals surface area (Å²) in [5, 5.41) is 0. The monoisotopic (exact) mass is 424 g/mol. The van der Waals surface area contributed by atoms with E-state index in [-0.39, 0.29) is 0 Å². The second-order valence-corrected chi connectivity index (χ2v) is 8.45. The van der Waals surface area contributed by atoms with E-state index in [4.69, 9.17) is 4.74 Å². The molecule has 2 nitrogen and oxygen atoms in total. The lowest BCUT2D eigenvalue weighted by Crippen LogP contribution is -1.97. The van der Waals surface area contributed by atoms with Gasteiger partial charge in [-0.1, -0.05) is 143 Å². The first-order valence-electron chi connectivity index (χ1n) is 13.3. The van der Waals surface area contributed by atoms with E-state index in [9.17, 15) is 0 Å². The van der Waals surface area contributed by atoms with Crippen LogP contribution < -0.4 is 0 Å². The smallest absolute Gasteiger partial charge is 0.0829 e. The first-order chi connectivity index (χ1) is 14.8. The lowest BCUT2D eigenvalue weighted by Gasteiger charge is -2.05. The van der Waals surface area contributed by atoms with Crippen molar-refractivity contribution in [1.29, 1.82) is 0 Å². The van der Waals surface area contributed by atoms with Crippen molar-refractivity contribution in [2.75, 3.05) is 13.2 Å². The first kappa shape index (κ1) is 31.4. The molecule has 0 unspecified atom stereocenters. The van der Waals surface area contributed by atoms with Crippen LogP contribution in [0.5, 0.6) is 0 Å². The minimum atomic E-state index is 0.994. The van der Waals surface area contributed by atoms with Gasteiger partial charge in [-0.25, -0.2) is 0 Å². The van der Waals surface area contributed by atoms with Crippen LogP contribution in [0, 0.1) is 0 Å². The molecule has 0 N–H and O–H groups in total. The number of ether oxygens (including phenoxy) is 2. The zero-order chi connectivity index (χ0) is 22.4. The Kier molecular flexibility index (Phi) is 34.5. The summed E-state index contributed by atoms with van der Waals surface area (Å²) in [6, 6.07) is 0. The van der Waals surface area contributed by atoms with Gasteiger partial charge in [0, 0.05) is 13.2 Å². The molecule has 0 amide bonds. The van der Waals surface area contributed by atoms with Crippen molar-refractivity contribution in [3.63, 3.8) is 0 Å². The van der Waals surface area contributed by atoms with Crippen LogP contribution in [0.2, 0.25) is 0 Å². The molecule has 0 atom stereocenters. The lowest BCUT2D eigenvalue weighted by molar-refractivity contribution is 0.125. The van der Waals surface area contributed by atoms with E-state index >= 15 is 0 Å². The van der Waals surface area contributed by atoms with Crippen molar-refractivity contribution in [3.05, 3.63) is 25.7 Å². The molecule has 0 saturated heterocycles. The molecule has 0 aliphatic carbocycles. The van der Waals surface area contributed by atoms with E-state index in [1.54, 1.807) is 0 Å². The highest BCUT2D eigenvalue weighted by Gasteiger charge is 1.95. The Morgan fingerprint density at radius 1 is 0.433 bits per heavy atom. The summed E-state index contributed by atoms with van der Waals surface area (Å²) in [5.41, 5.74) is 0. The molecule has 0 bridgehead atoms. The molecule has 0 aromatic carbocycles. The summed E-state index contributed by atoms with van der Waals surface area (Å²) in [6.45, 7) is 13.1. The molecule has 0 aromatic rings. The van der Waals surface area contributed by atoms with E-state index in [0.29, 0.717) is 0 Å². The highest BCUT2D eigenvalue weighted by molar-refractivity contribution is 4.57. The fraction of sp³-hybridized carbons (Fsp3) is 0.857. The molecule has 0 aliphatic heterocycles. The van der Waals surface area contributed by atoms with Gasteiger partial charge in [-0.15, -0.1) is 0 Å². The fourth-order valence-corrected chi connectivity index (χ4v) is 3.55. The summed E-state index contributed by atoms with van der Waals surface area (Å²) in [7, 11) is 0. The Bertz CT molecular complexity index is 273. The van der Waals surface area contributed by atoms with Gasteiger partial charge in [0.2, 0.25) is 0 Å². The zero-order valence-corrected chi connectivity index (χ0v) is 20.9. The van der Waals surface area contributed by atoms with Crippen molar-refractivity contribution in [3.8, 4) is 0 Å². The van der Waals surface area contributed by atoms with E-state index in [1.165, 1.54) is 141 Å². The maximum absolute atomic E-state index is 5.78. The summed E-state index contributed by atoms with van der Waals surface area (Å²) in [6.07, 6.45) is 30.8. The van der Waals surface area contributed by atoms with Gasteiger partial charge in [-0.3, -0.25) is 0 Å². The Balaban J connectivity index is 0. The third kappa shape index (κ3) is 34.7. The van der Waals surface area contributed by atoms with Gasteiger partial charge < -0.3 is 9.47 Å². The van der Waals surface area contributed by atoms with Crippen LogP contribution in [-0.4, -0.2) is 13.2 Å². The van der Waals surface area contributed by atoms with Gasteiger partial charge >= 0.3 is 0 Å². The molecule has 0 saturated carbocycles. The van der Waals surface area contributed by atoms with Crippen LogP contribution >= 0.6 is 0 Å². The van der Waals surface area contributed by atoms with Gasteiger partial charge in [0.15, 0.2) is 0 Å². The van der Waals surface area contributed by atoms with Crippen LogP contribution in [-0.2, 0) is 9.47 Å². The molecular weight excluding hydrogens is 368 g/mol. The van der Waals surface area contributed by atoms with Crippen molar-refractivity contribution in [1.82, 2.24) is 0 Å². The SMILES string of the molecule is C=COC=C.CCCCCCCCCCCCOCCCCCCCCCCCC. The molecule has 0 spiro atoms. The number of hydrogen-bond donors (Lipinski definition) is 0. The molecule has 2 heteroatoms. The Labute approximate surface area is 190 Å². The van der Waals surface area contributed by atoms with E-state index in [2.05, 4.69) is 31.7 Å². The Morgan fingerprint density at radius 2 is 0.700 bits per heavy atom. The van der Waals surface area contributed by atoms with Crippen LogP contribution in [0.25, 0.3) is 0 Å². The molecule has 0 heterocycles. The van der Waals surface area contributed by atoms with Gasteiger partial charge in [-0.2, -0.15) is 0 Å². The summed E-state index contributed by atoms with van der Waals surface area (Å²) in [4.78, 5) is 0. The second kappa shape index (κ2) is 32.9. The highest BCUT2D eigenvalue weighted by atomic mass is 16.5. The average Bonchev–Trinajstić information content (AvgIpc) is 2.76. The van der Waals surface area contributed by atoms with Crippen molar-refractivity contribution >= 4 is 0 Å². The Morgan fingerprint density at radius 3 is 0.933 bits per heavy atom. The number of rotatable bonds is 24. The topological polar surface area (TPSA) is 18.5 Å². The van der Waals surface area contributed by atoms with Crippen LogP contribution in [0.3, 0.4) is 0 Å². The third-order valence-electron chi connectivity index (χ3n) is 5.48. The molecule has 0 rings (SSSR count).